The Morgan fingerprint density at radius 1 is 0.380 bits per heavy atom. The number of esters is 1. The van der Waals surface area contributed by atoms with Crippen molar-refractivity contribution in [2.24, 2.45) is 0 Å². The van der Waals surface area contributed by atoms with Crippen LogP contribution in [0.1, 0.15) is 126 Å². The second-order valence-corrected chi connectivity index (χ2v) is 18.4. The summed E-state index contributed by atoms with van der Waals surface area (Å²) in [7, 11) is 0. The third kappa shape index (κ3) is 13.7. The first-order valence-corrected chi connectivity index (χ1v) is 24.8. The van der Waals surface area contributed by atoms with Gasteiger partial charge in [-0.25, -0.2) is 92.6 Å². The fourth-order valence-electron chi connectivity index (χ4n) is 9.18. The number of carbonyl (C=O) groups is 1. The number of carbonyl (C=O) groups excluding carboxylic acids is 1. The van der Waals surface area contributed by atoms with Crippen LogP contribution < -0.4 is 26.4 Å². The van der Waals surface area contributed by atoms with E-state index in [1.807, 2.05) is 36.7 Å². The largest absolute Gasteiger partial charge is 0.462 e. The molecule has 0 aliphatic heterocycles. The summed E-state index contributed by atoms with van der Waals surface area (Å²) in [6.07, 6.45) is 21.7. The van der Waals surface area contributed by atoms with Crippen LogP contribution in [0.25, 0.3) is 0 Å². The Bertz CT molecular complexity index is 2710. The summed E-state index contributed by atoms with van der Waals surface area (Å²) >= 11 is 0. The molecule has 0 saturated carbocycles. The summed E-state index contributed by atoms with van der Waals surface area (Å²) in [5.41, 5.74) is -12.6. The zero-order valence-electron chi connectivity index (χ0n) is 41.7. The summed E-state index contributed by atoms with van der Waals surface area (Å²) in [5.74, 6) is -71.6. The summed E-state index contributed by atoms with van der Waals surface area (Å²) in [4.78, 5) is 16.3. The van der Waals surface area contributed by atoms with Gasteiger partial charge in [0, 0.05) is 5.56 Å². The molecule has 1 aromatic heterocycles. The molecule has 0 aliphatic carbocycles. The molecule has 0 spiro atoms. The average molecular weight is 1150 g/mol. The predicted molar refractivity (Wildman–Crippen MR) is 249 cm³/mol. The van der Waals surface area contributed by atoms with Crippen LogP contribution in [0.4, 0.5) is 87.8 Å². The Labute approximate surface area is 439 Å². The fourth-order valence-corrected chi connectivity index (χ4v) is 9.18. The molecule has 1 heterocycles. The van der Waals surface area contributed by atoms with Crippen molar-refractivity contribution >= 4 is 34.0 Å². The number of unbranched alkanes of at least 4 members (excludes halogenated alkanes) is 15. The van der Waals surface area contributed by atoms with Gasteiger partial charge in [0.25, 0.3) is 0 Å². The third-order valence-electron chi connectivity index (χ3n) is 13.2. The molecule has 0 bridgehead atoms. The normalized spacial score (nSPS) is 11.6. The highest BCUT2D eigenvalue weighted by atomic mass is 19.2. The van der Waals surface area contributed by atoms with Crippen molar-refractivity contribution < 1.29 is 102 Å². The van der Waals surface area contributed by atoms with Gasteiger partial charge in [0.15, 0.2) is 88.7 Å². The molecule has 0 fully saturated rings. The van der Waals surface area contributed by atoms with E-state index in [9.17, 15) is 57.5 Å². The first-order valence-electron chi connectivity index (χ1n) is 24.8. The molecule has 0 aliphatic rings. The van der Waals surface area contributed by atoms with E-state index < -0.39 is 144 Å². The van der Waals surface area contributed by atoms with Crippen LogP contribution in [0.15, 0.2) is 49.1 Å². The van der Waals surface area contributed by atoms with Gasteiger partial charge in [0.1, 0.15) is 52.7 Å². The molecular formula is C54H47BF20N2O2. The van der Waals surface area contributed by atoms with E-state index in [0.29, 0.717) is 12.2 Å². The lowest BCUT2D eigenvalue weighted by molar-refractivity contribution is -0.688. The van der Waals surface area contributed by atoms with Crippen molar-refractivity contribution in [3.63, 3.8) is 0 Å². The van der Waals surface area contributed by atoms with Crippen molar-refractivity contribution in [1.29, 1.82) is 0 Å². The molecular weight excluding hydrogens is 1100 g/mol. The number of benzene rings is 5. The molecule has 0 saturated heterocycles. The summed E-state index contributed by atoms with van der Waals surface area (Å²) in [6, 6.07) is 7.68. The van der Waals surface area contributed by atoms with Crippen molar-refractivity contribution in [3.05, 3.63) is 177 Å². The summed E-state index contributed by atoms with van der Waals surface area (Å²) in [6.45, 7) is 3.56. The van der Waals surface area contributed by atoms with Gasteiger partial charge in [-0.3, -0.25) is 4.98 Å². The van der Waals surface area contributed by atoms with Crippen LogP contribution in [-0.2, 0) is 11.3 Å². The second kappa shape index (κ2) is 28.5. The standard InChI is InChI=1S/C30H47N2O2.C24BF20/c1-2-3-4-5-6-7-8-9-10-11-12-13-14-15-16-17-26-34-30(33)29-20-18-28(19-21-29)27-32-24-22-31-23-25-32;26-5-1(6(27)14(35)21(42)13(5)34)25(2-7(28)15(36)22(43)16(37)8(2)29,3-9(30)17(38)23(44)18(39)10(3)31)4-11(32)19(40)24(45)20(41)12(4)33/h18-25H,2-17,26-27H2,1H3;/q+1;-1. The molecule has 0 radical (unpaired) electrons. The van der Waals surface area contributed by atoms with Crippen LogP contribution >= 0.6 is 0 Å². The minimum atomic E-state index is -7.22. The van der Waals surface area contributed by atoms with Gasteiger partial charge in [0.05, 0.1) is 24.6 Å². The topological polar surface area (TPSA) is 43.1 Å². The highest BCUT2D eigenvalue weighted by Crippen LogP contribution is 2.31. The molecule has 0 unspecified atom stereocenters. The second-order valence-electron chi connectivity index (χ2n) is 18.4. The molecule has 428 valence electrons. The number of rotatable bonds is 24. The monoisotopic (exact) mass is 1150 g/mol. The van der Waals surface area contributed by atoms with Crippen molar-refractivity contribution in [1.82, 2.24) is 4.98 Å². The lowest BCUT2D eigenvalue weighted by Gasteiger charge is -2.44. The van der Waals surface area contributed by atoms with Gasteiger partial charge in [-0.05, 0) is 18.6 Å². The van der Waals surface area contributed by atoms with E-state index in [1.165, 1.54) is 89.9 Å². The van der Waals surface area contributed by atoms with E-state index in [2.05, 4.69) is 16.5 Å². The quantitative estimate of drug-likeness (QED) is 0.0115. The lowest BCUT2D eigenvalue weighted by Crippen LogP contribution is -2.81. The number of ether oxygens (including phenoxy) is 1. The molecule has 79 heavy (non-hydrogen) atoms. The van der Waals surface area contributed by atoms with Gasteiger partial charge in [-0.1, -0.05) is 115 Å². The number of hydrogen-bond acceptors (Lipinski definition) is 3. The van der Waals surface area contributed by atoms with Crippen molar-refractivity contribution in [2.45, 2.75) is 116 Å². The van der Waals surface area contributed by atoms with Crippen LogP contribution in [0.3, 0.4) is 0 Å². The molecule has 0 atom stereocenters. The van der Waals surface area contributed by atoms with Crippen LogP contribution in [-0.4, -0.2) is 23.7 Å². The van der Waals surface area contributed by atoms with Crippen LogP contribution in [0, 0.1) is 116 Å². The maximum Gasteiger partial charge on any atom is 0.338 e. The van der Waals surface area contributed by atoms with E-state index in [1.54, 1.807) is 12.4 Å². The minimum Gasteiger partial charge on any atom is -0.462 e. The first kappa shape index (κ1) is 63.1. The smallest absolute Gasteiger partial charge is 0.338 e. The molecule has 4 nitrogen and oxygen atoms in total. The SMILES string of the molecule is CCCCCCCCCCCCCCCCCCOC(=O)c1ccc(C[n+]2ccncc2)cc1.Fc1c(F)c(F)c([B-](c2c(F)c(F)c(F)c(F)c2F)(c2c(F)c(F)c(F)c(F)c2F)c2c(F)c(F)c(F)c(F)c2F)c(F)c1F. The zero-order valence-corrected chi connectivity index (χ0v) is 41.7. The minimum absolute atomic E-state index is 0.218. The maximum atomic E-state index is 15.4. The maximum absolute atomic E-state index is 15.4. The molecule has 6 aromatic rings. The molecule has 0 amide bonds. The van der Waals surface area contributed by atoms with Gasteiger partial charge < -0.3 is 4.74 Å². The number of aromatic nitrogens is 2. The van der Waals surface area contributed by atoms with E-state index in [-0.39, 0.29) is 5.97 Å². The Morgan fingerprint density at radius 3 is 0.911 bits per heavy atom. The zero-order chi connectivity index (χ0) is 58.5. The Hall–Kier alpha value is -6.69. The van der Waals surface area contributed by atoms with Gasteiger partial charge >= 0.3 is 5.97 Å². The van der Waals surface area contributed by atoms with Crippen molar-refractivity contribution in [2.75, 3.05) is 6.61 Å². The Balaban J connectivity index is 0.000000303. The average Bonchev–Trinajstić information content (AvgIpc) is 3.25. The highest BCUT2D eigenvalue weighted by Gasteiger charge is 2.52. The molecule has 25 heteroatoms. The Morgan fingerprint density at radius 2 is 0.633 bits per heavy atom. The van der Waals surface area contributed by atoms with Crippen molar-refractivity contribution in [3.8, 4) is 0 Å². The number of nitrogens with zero attached hydrogens (tertiary/aromatic N) is 2. The predicted octanol–water partition coefficient (Wildman–Crippen LogP) is 13.7. The summed E-state index contributed by atoms with van der Waals surface area (Å²) in [5, 5.41) is 0. The van der Waals surface area contributed by atoms with Crippen LogP contribution in [0.2, 0.25) is 0 Å². The van der Waals surface area contributed by atoms with Gasteiger partial charge in [-0.2, -0.15) is 4.57 Å². The van der Waals surface area contributed by atoms with Gasteiger partial charge in [-0.15, -0.1) is 21.9 Å². The molecule has 6 rings (SSSR count). The van der Waals surface area contributed by atoms with E-state index in [4.69, 9.17) is 4.74 Å². The van der Waals surface area contributed by atoms with E-state index in [0.717, 1.165) is 24.9 Å². The number of hydrogen-bond donors (Lipinski definition) is 0. The first-order chi connectivity index (χ1) is 37.5. The highest BCUT2D eigenvalue weighted by molar-refractivity contribution is 7.20. The lowest BCUT2D eigenvalue weighted by atomic mass is 9.12. The fraction of sp³-hybridized carbons (Fsp3) is 0.352. The molecule has 0 N–H and O–H groups in total. The summed E-state index contributed by atoms with van der Waals surface area (Å²) < 4.78 is 301. The van der Waals surface area contributed by atoms with E-state index >= 15 is 35.1 Å². The van der Waals surface area contributed by atoms with Crippen LogP contribution in [0.5, 0.6) is 0 Å². The Kier molecular flexibility index (Phi) is 22.7. The molecule has 5 aromatic carbocycles. The van der Waals surface area contributed by atoms with Gasteiger partial charge in [0.2, 0.25) is 0 Å². The number of halogens is 20. The third-order valence-corrected chi connectivity index (χ3v) is 13.2.